The molecule has 0 unspecified atom stereocenters. The number of nitrogens with zero attached hydrogens (tertiary/aromatic N) is 2. The van der Waals surface area contributed by atoms with Crippen LogP contribution in [0.3, 0.4) is 0 Å². The third-order valence-corrected chi connectivity index (χ3v) is 0.0500. The van der Waals surface area contributed by atoms with Crippen LogP contribution < -0.4 is 0 Å². The second-order valence-corrected chi connectivity index (χ2v) is 0.200. The molecule has 4 heavy (non-hydrogen) atoms. The van der Waals surface area contributed by atoms with Crippen LogP contribution in [0.4, 0.5) is 0 Å². The van der Waals surface area contributed by atoms with Crippen LogP contribution in [-0.4, -0.2) is 0 Å². The molecular formula is H2N4-2. The Hall–Kier alpha value is -0.800. The van der Waals surface area contributed by atoms with Crippen molar-refractivity contribution in [2.45, 2.75) is 0 Å². The van der Waals surface area contributed by atoms with E-state index in [0.717, 1.165) is 0 Å². The highest BCUT2D eigenvalue weighted by atomic mass is 15.4. The summed E-state index contributed by atoms with van der Waals surface area (Å²) in [4.78, 5) is 0. The first kappa shape index (κ1) is 3.20. The Labute approximate surface area is 23.4 Å². The fourth-order valence-electron chi connectivity index (χ4n) is 0. The van der Waals surface area contributed by atoms with E-state index >= 15 is 0 Å². The summed E-state index contributed by atoms with van der Waals surface area (Å²) in [6, 6.07) is 0. The highest BCUT2D eigenvalue weighted by Crippen LogP contribution is 1.64. The van der Waals surface area contributed by atoms with Crippen molar-refractivity contribution in [2.75, 3.05) is 0 Å². The predicted octanol–water partition coefficient (Wildman–Crippen LogP) is 1.37. The minimum absolute atomic E-state index is 2.28. The van der Waals surface area contributed by atoms with Gasteiger partial charge in [0.25, 0.3) is 0 Å². The Balaban J connectivity index is 2.55. The summed E-state index contributed by atoms with van der Waals surface area (Å²) in [6.45, 7) is 0. The quantitative estimate of drug-likeness (QED) is 0.298. The van der Waals surface area contributed by atoms with Crippen molar-refractivity contribution in [3.05, 3.63) is 11.7 Å². The first-order chi connectivity index (χ1) is 1.91. The average molecular weight is 58.0 g/mol. The molecule has 0 radical (unpaired) electrons. The molecule has 0 saturated heterocycles. The van der Waals surface area contributed by atoms with Crippen LogP contribution in [0.25, 0.3) is 11.7 Å². The number of hydrogen-bond acceptors (Lipinski definition) is 2. The Morgan fingerprint density at radius 1 is 1.00 bits per heavy atom. The van der Waals surface area contributed by atoms with E-state index < -0.39 is 0 Å². The summed E-state index contributed by atoms with van der Waals surface area (Å²) in [5.74, 6) is 11.4. The summed E-state index contributed by atoms with van der Waals surface area (Å²) in [5, 5.41) is 4.56. The van der Waals surface area contributed by atoms with Gasteiger partial charge in [0.15, 0.2) is 0 Å². The third kappa shape index (κ3) is 1.20. The van der Waals surface area contributed by atoms with Crippen LogP contribution >= 0.6 is 0 Å². The largest absolute Gasteiger partial charge is 0.511 e. The normalized spacial score (nSPS) is 9.00. The Bertz CT molecular complexity index is 15.2. The molecule has 0 spiro atoms. The molecule has 0 rings (SSSR count). The summed E-state index contributed by atoms with van der Waals surface area (Å²) in [7, 11) is 0. The molecule has 0 aromatic rings. The highest BCUT2D eigenvalue weighted by Gasteiger charge is 0.911. The van der Waals surface area contributed by atoms with Crippen molar-refractivity contribution in [2.24, 2.45) is 10.4 Å². The van der Waals surface area contributed by atoms with Gasteiger partial charge >= 0.3 is 0 Å². The maximum atomic E-state index is 5.72. The smallest absolute Gasteiger partial charge is 0.502 e. The fourth-order valence-corrected chi connectivity index (χ4v) is 0. The lowest BCUT2D eigenvalue weighted by Gasteiger charge is -1.92. The molecule has 4 heteroatoms. The second-order valence-electron chi connectivity index (χ2n) is 0.200. The topological polar surface area (TPSA) is 72.3 Å². The van der Waals surface area contributed by atoms with Crippen LogP contribution in [0.5, 0.6) is 0 Å². The molecule has 4 nitrogen and oxygen atoms in total. The highest BCUT2D eigenvalue weighted by molar-refractivity contribution is 4.25. The summed E-state index contributed by atoms with van der Waals surface area (Å²) < 4.78 is 0. The maximum Gasteiger partial charge on any atom is -0.502 e. The molecular weight excluding hydrogens is 56.0 g/mol. The molecule has 0 bridgehead atoms. The first-order valence-electron chi connectivity index (χ1n) is 0.647. The fraction of sp³-hybridized carbons (Fsp3) is 0. The molecule has 0 aromatic heterocycles. The average Bonchev–Trinajstić information content (AvgIpc) is 1.37. The molecule has 0 fully saturated rings. The van der Waals surface area contributed by atoms with E-state index in [1.807, 2.05) is 0 Å². The molecule has 2 N–H and O–H groups in total. The lowest BCUT2D eigenvalue weighted by Crippen LogP contribution is -1.20. The van der Waals surface area contributed by atoms with Crippen molar-refractivity contribution in [1.29, 1.82) is 0 Å². The van der Waals surface area contributed by atoms with Gasteiger partial charge in [-0.15, -0.1) is 0 Å². The summed E-state index contributed by atoms with van der Waals surface area (Å²) in [5.41, 5.74) is 0. The van der Waals surface area contributed by atoms with Crippen LogP contribution in [-0.2, 0) is 0 Å². The predicted molar refractivity (Wildman–Crippen MR) is 13.5 cm³/mol. The monoisotopic (exact) mass is 58.0 g/mol. The zero-order chi connectivity index (χ0) is 3.41. The number of rotatable bonds is 0. The Morgan fingerprint density at radius 3 is 1.25 bits per heavy atom. The van der Waals surface area contributed by atoms with Gasteiger partial charge in [-0.3, -0.25) is 0 Å². The molecule has 24 valence electrons. The standard InChI is InChI=1S/H2N4/c1-3-4-2/h(H2-2,1,2,3,4)/q-2. The van der Waals surface area contributed by atoms with E-state index in [1.165, 1.54) is 0 Å². The van der Waals surface area contributed by atoms with Crippen molar-refractivity contribution in [3.8, 4) is 0 Å². The number of hydrogen-bond donors (Lipinski definition) is 0. The zero-order valence-corrected chi connectivity index (χ0v) is 1.89. The SMILES string of the molecule is [NH-]N=N[NH-]. The van der Waals surface area contributed by atoms with Crippen LogP contribution in [0.15, 0.2) is 10.4 Å². The van der Waals surface area contributed by atoms with E-state index in [1.54, 1.807) is 0 Å². The van der Waals surface area contributed by atoms with Gasteiger partial charge in [-0.25, -0.2) is 0 Å². The lowest BCUT2D eigenvalue weighted by atomic mass is 12.6. The molecule has 0 aliphatic heterocycles. The molecule has 0 saturated carbocycles. The zero-order valence-electron chi connectivity index (χ0n) is 1.89. The van der Waals surface area contributed by atoms with Crippen molar-refractivity contribution >= 4 is 0 Å². The molecule has 0 aliphatic carbocycles. The third-order valence-electron chi connectivity index (χ3n) is 0.0500. The van der Waals surface area contributed by atoms with Crippen LogP contribution in [0.2, 0.25) is 0 Å². The minimum Gasteiger partial charge on any atom is -0.511 e. The summed E-state index contributed by atoms with van der Waals surface area (Å²) in [6.07, 6.45) is 0. The van der Waals surface area contributed by atoms with Gasteiger partial charge in [-0.1, -0.05) is 0 Å². The van der Waals surface area contributed by atoms with Gasteiger partial charge in [0.1, 0.15) is 0 Å². The van der Waals surface area contributed by atoms with E-state index in [9.17, 15) is 0 Å². The van der Waals surface area contributed by atoms with E-state index in [0.29, 0.717) is 0 Å². The first-order valence-corrected chi connectivity index (χ1v) is 0.647. The molecule has 0 amide bonds. The van der Waals surface area contributed by atoms with E-state index in [2.05, 4.69) is 10.4 Å². The van der Waals surface area contributed by atoms with Crippen molar-refractivity contribution < 1.29 is 0 Å². The Morgan fingerprint density at radius 2 is 1.25 bits per heavy atom. The minimum atomic E-state index is 2.28. The Kier molecular flexibility index (Phi) is 1.76. The molecule has 0 heterocycles. The molecule has 0 aliphatic rings. The maximum absolute atomic E-state index is 5.72. The van der Waals surface area contributed by atoms with Gasteiger partial charge in [0, 0.05) is 0 Å². The van der Waals surface area contributed by atoms with Gasteiger partial charge < -0.3 is 22.1 Å². The van der Waals surface area contributed by atoms with Crippen LogP contribution in [0.1, 0.15) is 0 Å². The van der Waals surface area contributed by atoms with E-state index in [-0.39, 0.29) is 0 Å². The summed E-state index contributed by atoms with van der Waals surface area (Å²) >= 11 is 0. The molecule has 0 aromatic carbocycles. The number of nitrogens with one attached hydrogen (secondary N) is 2. The van der Waals surface area contributed by atoms with Crippen LogP contribution in [0, 0.1) is 0 Å². The van der Waals surface area contributed by atoms with Gasteiger partial charge in [-0.2, -0.15) is 0 Å². The lowest BCUT2D eigenvalue weighted by molar-refractivity contribution is 1.25. The van der Waals surface area contributed by atoms with Crippen molar-refractivity contribution in [1.82, 2.24) is 0 Å². The van der Waals surface area contributed by atoms with Crippen molar-refractivity contribution in [3.63, 3.8) is 0 Å². The van der Waals surface area contributed by atoms with E-state index in [4.69, 9.17) is 11.7 Å². The van der Waals surface area contributed by atoms with Gasteiger partial charge in [-0.05, 0) is 0 Å². The van der Waals surface area contributed by atoms with Gasteiger partial charge in [0.05, 0.1) is 0 Å². The second kappa shape index (κ2) is 2.20. The van der Waals surface area contributed by atoms with Gasteiger partial charge in [0.2, 0.25) is 0 Å². The molecule has 0 atom stereocenters.